The van der Waals surface area contributed by atoms with Crippen LogP contribution in [0.5, 0.6) is 11.5 Å². The highest BCUT2D eigenvalue weighted by Gasteiger charge is 2.30. The maximum Gasteiger partial charge on any atom is 0.153 e. The fraction of sp³-hybridized carbons (Fsp3) is 0.368. The molecule has 0 amide bonds. The van der Waals surface area contributed by atoms with Gasteiger partial charge in [0.2, 0.25) is 0 Å². The molecule has 4 nitrogen and oxygen atoms in total. The predicted molar refractivity (Wildman–Crippen MR) is 91.5 cm³/mol. The van der Waals surface area contributed by atoms with Crippen molar-refractivity contribution in [3.8, 4) is 35.1 Å². The SMILES string of the molecule is C#Cc1c(O)c(C(C)(C)C)n(COCC)c1-c1ccc(O)cc1. The third kappa shape index (κ3) is 3.20. The molecule has 2 aromatic rings. The van der Waals surface area contributed by atoms with Crippen molar-refractivity contribution in [2.45, 2.75) is 39.8 Å². The Kier molecular flexibility index (Phi) is 4.72. The van der Waals surface area contributed by atoms with Gasteiger partial charge in [0.25, 0.3) is 0 Å². The van der Waals surface area contributed by atoms with Gasteiger partial charge in [-0.05, 0) is 36.8 Å². The first kappa shape index (κ1) is 17.0. The number of rotatable bonds is 4. The Morgan fingerprint density at radius 1 is 1.17 bits per heavy atom. The molecule has 0 spiro atoms. The van der Waals surface area contributed by atoms with Gasteiger partial charge in [0, 0.05) is 12.0 Å². The molecular weight excluding hydrogens is 290 g/mol. The summed E-state index contributed by atoms with van der Waals surface area (Å²) in [6, 6.07) is 6.75. The van der Waals surface area contributed by atoms with Gasteiger partial charge in [0.05, 0.1) is 17.0 Å². The summed E-state index contributed by atoms with van der Waals surface area (Å²) >= 11 is 0. The molecule has 0 fully saturated rings. The minimum atomic E-state index is -0.304. The Bertz CT molecular complexity index is 728. The lowest BCUT2D eigenvalue weighted by molar-refractivity contribution is 0.0850. The Morgan fingerprint density at radius 3 is 2.26 bits per heavy atom. The van der Waals surface area contributed by atoms with Crippen LogP contribution in [0.25, 0.3) is 11.3 Å². The molecule has 0 radical (unpaired) electrons. The van der Waals surface area contributed by atoms with Gasteiger partial charge in [-0.2, -0.15) is 0 Å². The molecule has 0 aliphatic heterocycles. The smallest absolute Gasteiger partial charge is 0.153 e. The second-order valence-electron chi connectivity index (χ2n) is 6.41. The first-order chi connectivity index (χ1) is 10.8. The molecule has 122 valence electrons. The van der Waals surface area contributed by atoms with Crippen LogP contribution in [-0.4, -0.2) is 21.4 Å². The number of terminal acetylenes is 1. The third-order valence-corrected chi connectivity index (χ3v) is 3.66. The lowest BCUT2D eigenvalue weighted by Gasteiger charge is -2.23. The molecule has 2 rings (SSSR count). The van der Waals surface area contributed by atoms with Gasteiger partial charge in [-0.25, -0.2) is 0 Å². The van der Waals surface area contributed by atoms with Gasteiger partial charge in [-0.15, -0.1) is 6.42 Å². The largest absolute Gasteiger partial charge is 0.508 e. The highest BCUT2D eigenvalue weighted by molar-refractivity contribution is 5.74. The number of benzene rings is 1. The molecular formula is C19H23NO3. The summed E-state index contributed by atoms with van der Waals surface area (Å²) < 4.78 is 7.51. The molecule has 0 atom stereocenters. The van der Waals surface area contributed by atoms with Crippen molar-refractivity contribution in [2.24, 2.45) is 0 Å². The molecule has 0 bridgehead atoms. The highest BCUT2D eigenvalue weighted by atomic mass is 16.5. The summed E-state index contributed by atoms with van der Waals surface area (Å²) in [5, 5.41) is 20.2. The summed E-state index contributed by atoms with van der Waals surface area (Å²) in [5.74, 6) is 2.89. The lowest BCUT2D eigenvalue weighted by atomic mass is 9.91. The standard InChI is InChI=1S/C19H23NO3/c1-6-15-16(13-8-10-14(21)11-9-13)20(12-23-7-2)18(17(15)22)19(3,4)5/h1,8-11,21-22H,7,12H2,2-5H3. The van der Waals surface area contributed by atoms with E-state index < -0.39 is 0 Å². The molecule has 0 aliphatic rings. The normalized spacial score (nSPS) is 11.4. The Balaban J connectivity index is 2.77. The summed E-state index contributed by atoms with van der Waals surface area (Å²) in [6.45, 7) is 8.84. The molecule has 0 unspecified atom stereocenters. The number of ether oxygens (including phenoxy) is 1. The molecule has 0 saturated carbocycles. The number of phenolic OH excluding ortho intramolecular Hbond substituents is 1. The van der Waals surface area contributed by atoms with E-state index in [1.165, 1.54) is 0 Å². The minimum absolute atomic E-state index is 0.114. The van der Waals surface area contributed by atoms with Crippen LogP contribution in [0, 0.1) is 12.3 Å². The van der Waals surface area contributed by atoms with E-state index in [1.807, 2.05) is 32.3 Å². The van der Waals surface area contributed by atoms with Gasteiger partial charge in [-0.3, -0.25) is 0 Å². The predicted octanol–water partition coefficient (Wildman–Crippen LogP) is 3.84. The lowest BCUT2D eigenvalue weighted by Crippen LogP contribution is -2.19. The molecule has 0 saturated heterocycles. The van der Waals surface area contributed by atoms with Crippen molar-refractivity contribution in [3.63, 3.8) is 0 Å². The van der Waals surface area contributed by atoms with Crippen LogP contribution in [0.1, 0.15) is 39.0 Å². The van der Waals surface area contributed by atoms with E-state index in [0.717, 1.165) is 17.0 Å². The topological polar surface area (TPSA) is 54.6 Å². The van der Waals surface area contributed by atoms with Crippen LogP contribution in [-0.2, 0) is 16.9 Å². The number of nitrogens with zero attached hydrogens (tertiary/aromatic N) is 1. The maximum atomic E-state index is 10.7. The summed E-state index contributed by atoms with van der Waals surface area (Å²) in [4.78, 5) is 0. The summed E-state index contributed by atoms with van der Waals surface area (Å²) in [5.41, 5.74) is 2.43. The monoisotopic (exact) mass is 313 g/mol. The van der Waals surface area contributed by atoms with Crippen LogP contribution in [0.4, 0.5) is 0 Å². The van der Waals surface area contributed by atoms with Gasteiger partial charge < -0.3 is 19.5 Å². The molecule has 23 heavy (non-hydrogen) atoms. The number of aromatic hydroxyl groups is 2. The summed E-state index contributed by atoms with van der Waals surface area (Å²) in [7, 11) is 0. The highest BCUT2D eigenvalue weighted by Crippen LogP contribution is 2.42. The zero-order chi connectivity index (χ0) is 17.2. The first-order valence-electron chi connectivity index (χ1n) is 7.61. The average molecular weight is 313 g/mol. The average Bonchev–Trinajstić information content (AvgIpc) is 2.77. The van der Waals surface area contributed by atoms with Gasteiger partial charge in [0.15, 0.2) is 5.75 Å². The van der Waals surface area contributed by atoms with E-state index in [1.54, 1.807) is 24.3 Å². The molecule has 1 heterocycles. The second kappa shape index (κ2) is 6.39. The van der Waals surface area contributed by atoms with Crippen LogP contribution in [0.15, 0.2) is 24.3 Å². The molecule has 4 heteroatoms. The van der Waals surface area contributed by atoms with E-state index in [4.69, 9.17) is 11.2 Å². The Labute approximate surface area is 137 Å². The van der Waals surface area contributed by atoms with Gasteiger partial charge in [-0.1, -0.05) is 26.7 Å². The van der Waals surface area contributed by atoms with Crippen LogP contribution in [0.3, 0.4) is 0 Å². The first-order valence-corrected chi connectivity index (χ1v) is 7.61. The third-order valence-electron chi connectivity index (χ3n) is 3.66. The zero-order valence-electron chi connectivity index (χ0n) is 14.1. The molecule has 0 aliphatic carbocycles. The zero-order valence-corrected chi connectivity index (χ0v) is 14.1. The number of phenols is 1. The maximum absolute atomic E-state index is 10.7. The quantitative estimate of drug-likeness (QED) is 0.843. The van der Waals surface area contributed by atoms with Crippen LogP contribution < -0.4 is 0 Å². The van der Waals surface area contributed by atoms with E-state index >= 15 is 0 Å². The molecule has 1 aromatic heterocycles. The van der Waals surface area contributed by atoms with Gasteiger partial charge >= 0.3 is 0 Å². The van der Waals surface area contributed by atoms with E-state index in [9.17, 15) is 10.2 Å². The van der Waals surface area contributed by atoms with Crippen molar-refractivity contribution in [2.75, 3.05) is 6.61 Å². The fourth-order valence-electron chi connectivity index (χ4n) is 2.73. The minimum Gasteiger partial charge on any atom is -0.508 e. The fourth-order valence-corrected chi connectivity index (χ4v) is 2.73. The van der Waals surface area contributed by atoms with E-state index in [2.05, 4.69) is 5.92 Å². The van der Waals surface area contributed by atoms with Crippen molar-refractivity contribution in [1.29, 1.82) is 0 Å². The van der Waals surface area contributed by atoms with Crippen molar-refractivity contribution in [3.05, 3.63) is 35.5 Å². The molecule has 2 N–H and O–H groups in total. The number of aromatic nitrogens is 1. The number of hydrogen-bond acceptors (Lipinski definition) is 3. The van der Waals surface area contributed by atoms with Gasteiger partial charge in [0.1, 0.15) is 12.5 Å². The number of hydrogen-bond donors (Lipinski definition) is 2. The molecule has 1 aromatic carbocycles. The Morgan fingerprint density at radius 2 is 1.78 bits per heavy atom. The van der Waals surface area contributed by atoms with Crippen molar-refractivity contribution >= 4 is 0 Å². The second-order valence-corrected chi connectivity index (χ2v) is 6.41. The van der Waals surface area contributed by atoms with Crippen molar-refractivity contribution in [1.82, 2.24) is 4.57 Å². The van der Waals surface area contributed by atoms with E-state index in [0.29, 0.717) is 18.9 Å². The Hall–Kier alpha value is -2.38. The van der Waals surface area contributed by atoms with E-state index in [-0.39, 0.29) is 16.9 Å². The summed E-state index contributed by atoms with van der Waals surface area (Å²) in [6.07, 6.45) is 5.66. The van der Waals surface area contributed by atoms with Crippen LogP contribution >= 0.6 is 0 Å². The van der Waals surface area contributed by atoms with Crippen LogP contribution in [0.2, 0.25) is 0 Å². The van der Waals surface area contributed by atoms with Crippen molar-refractivity contribution < 1.29 is 14.9 Å².